The van der Waals surface area contributed by atoms with E-state index in [-0.39, 0.29) is 17.8 Å². The second-order valence-corrected chi connectivity index (χ2v) is 6.37. The summed E-state index contributed by atoms with van der Waals surface area (Å²) in [5, 5.41) is 2.93. The van der Waals surface area contributed by atoms with Crippen LogP contribution in [0.1, 0.15) is 39.5 Å². The van der Waals surface area contributed by atoms with Gasteiger partial charge in [0.25, 0.3) is 0 Å². The predicted octanol–water partition coefficient (Wildman–Crippen LogP) is 1.74. The van der Waals surface area contributed by atoms with Gasteiger partial charge in [0.1, 0.15) is 0 Å². The van der Waals surface area contributed by atoms with E-state index in [0.29, 0.717) is 12.5 Å². The molecular formula is C14H23NO3. The lowest BCUT2D eigenvalue weighted by atomic mass is 9.87. The molecule has 0 spiro atoms. The molecule has 0 heterocycles. The highest BCUT2D eigenvalue weighted by atomic mass is 16.5. The molecule has 0 aliphatic heterocycles. The van der Waals surface area contributed by atoms with Crippen LogP contribution in [0.4, 0.5) is 0 Å². The molecule has 4 nitrogen and oxygen atoms in total. The minimum Gasteiger partial charge on any atom is -0.469 e. The summed E-state index contributed by atoms with van der Waals surface area (Å²) in [6, 6.07) is 0. The van der Waals surface area contributed by atoms with E-state index < -0.39 is 5.41 Å². The Balaban J connectivity index is 1.83. The minimum absolute atomic E-state index is 0.124. The third kappa shape index (κ3) is 2.52. The molecule has 0 aromatic rings. The number of carbonyl (C=O) groups excluding carboxylic acids is 2. The lowest BCUT2D eigenvalue weighted by Crippen LogP contribution is -2.42. The van der Waals surface area contributed by atoms with Crippen molar-refractivity contribution in [2.45, 2.75) is 39.5 Å². The number of fused-ring (bicyclic) bond motifs is 2. The number of hydrogen-bond acceptors (Lipinski definition) is 3. The van der Waals surface area contributed by atoms with Gasteiger partial charge >= 0.3 is 5.97 Å². The van der Waals surface area contributed by atoms with Gasteiger partial charge in [0.15, 0.2) is 0 Å². The second kappa shape index (κ2) is 4.90. The third-order valence-electron chi connectivity index (χ3n) is 4.52. The van der Waals surface area contributed by atoms with Gasteiger partial charge in [-0.25, -0.2) is 0 Å². The first-order valence-corrected chi connectivity index (χ1v) is 6.80. The number of nitrogens with one attached hydrogen (secondary N) is 1. The van der Waals surface area contributed by atoms with Crippen LogP contribution < -0.4 is 5.32 Å². The molecule has 2 aliphatic carbocycles. The van der Waals surface area contributed by atoms with Crippen molar-refractivity contribution < 1.29 is 14.3 Å². The number of esters is 1. The van der Waals surface area contributed by atoms with E-state index in [0.717, 1.165) is 12.3 Å². The maximum Gasteiger partial charge on any atom is 0.313 e. The highest BCUT2D eigenvalue weighted by Gasteiger charge is 2.43. The first kappa shape index (κ1) is 13.4. The third-order valence-corrected chi connectivity index (χ3v) is 4.52. The van der Waals surface area contributed by atoms with Crippen LogP contribution in [0.15, 0.2) is 0 Å². The molecule has 3 unspecified atom stereocenters. The average Bonchev–Trinajstić information content (AvgIpc) is 2.97. The molecule has 1 amide bonds. The number of carbonyl (C=O) groups is 2. The fourth-order valence-corrected chi connectivity index (χ4v) is 3.35. The zero-order chi connectivity index (χ0) is 13.3. The molecule has 0 saturated heterocycles. The van der Waals surface area contributed by atoms with E-state index in [1.165, 1.54) is 26.4 Å². The lowest BCUT2D eigenvalue weighted by Gasteiger charge is -2.25. The van der Waals surface area contributed by atoms with Crippen LogP contribution in [0.5, 0.6) is 0 Å². The van der Waals surface area contributed by atoms with Gasteiger partial charge in [0.2, 0.25) is 5.91 Å². The number of hydrogen-bond donors (Lipinski definition) is 1. The van der Waals surface area contributed by atoms with E-state index in [9.17, 15) is 9.59 Å². The Morgan fingerprint density at radius 1 is 1.28 bits per heavy atom. The fourth-order valence-electron chi connectivity index (χ4n) is 3.35. The topological polar surface area (TPSA) is 55.4 Å². The van der Waals surface area contributed by atoms with Gasteiger partial charge in [-0.1, -0.05) is 6.42 Å². The Hall–Kier alpha value is -1.06. The summed E-state index contributed by atoms with van der Waals surface area (Å²) < 4.78 is 4.73. The van der Waals surface area contributed by atoms with Gasteiger partial charge in [-0.05, 0) is 44.9 Å². The lowest BCUT2D eigenvalue weighted by molar-refractivity contribution is -0.150. The van der Waals surface area contributed by atoms with Crippen molar-refractivity contribution in [1.29, 1.82) is 0 Å². The molecule has 0 aromatic carbocycles. The van der Waals surface area contributed by atoms with Gasteiger partial charge in [-0.15, -0.1) is 0 Å². The number of ether oxygens (including phenoxy) is 1. The molecule has 2 rings (SSSR count). The van der Waals surface area contributed by atoms with Gasteiger partial charge in [0, 0.05) is 12.5 Å². The molecule has 3 atom stereocenters. The van der Waals surface area contributed by atoms with Crippen LogP contribution in [-0.2, 0) is 14.3 Å². The van der Waals surface area contributed by atoms with Gasteiger partial charge in [-0.2, -0.15) is 0 Å². The average molecular weight is 253 g/mol. The van der Waals surface area contributed by atoms with E-state index in [1.807, 2.05) is 0 Å². The monoisotopic (exact) mass is 253 g/mol. The molecule has 2 bridgehead atoms. The minimum atomic E-state index is -0.651. The van der Waals surface area contributed by atoms with Crippen molar-refractivity contribution in [1.82, 2.24) is 5.32 Å². The predicted molar refractivity (Wildman–Crippen MR) is 67.7 cm³/mol. The fraction of sp³-hybridized carbons (Fsp3) is 0.857. The SMILES string of the molecule is COC(=O)C(C)(C)CNC(=O)C1CC2CCC1C2. The summed E-state index contributed by atoms with van der Waals surface area (Å²) >= 11 is 0. The van der Waals surface area contributed by atoms with Crippen molar-refractivity contribution >= 4 is 11.9 Å². The Labute approximate surface area is 108 Å². The molecule has 18 heavy (non-hydrogen) atoms. The zero-order valence-corrected chi connectivity index (χ0v) is 11.5. The second-order valence-electron chi connectivity index (χ2n) is 6.37. The summed E-state index contributed by atoms with van der Waals surface area (Å²) in [5.41, 5.74) is -0.651. The molecule has 2 fully saturated rings. The summed E-state index contributed by atoms with van der Waals surface area (Å²) in [6.45, 7) is 3.94. The Morgan fingerprint density at radius 2 is 2.00 bits per heavy atom. The van der Waals surface area contributed by atoms with Crippen LogP contribution >= 0.6 is 0 Å². The highest BCUT2D eigenvalue weighted by molar-refractivity contribution is 5.81. The molecule has 0 aromatic heterocycles. The van der Waals surface area contributed by atoms with Crippen LogP contribution in [-0.4, -0.2) is 25.5 Å². The smallest absolute Gasteiger partial charge is 0.313 e. The van der Waals surface area contributed by atoms with Crippen LogP contribution in [0, 0.1) is 23.2 Å². The molecule has 102 valence electrons. The van der Waals surface area contributed by atoms with Crippen molar-refractivity contribution in [3.05, 3.63) is 0 Å². The number of methoxy groups -OCH3 is 1. The zero-order valence-electron chi connectivity index (χ0n) is 11.5. The van der Waals surface area contributed by atoms with Crippen LogP contribution in [0.25, 0.3) is 0 Å². The largest absolute Gasteiger partial charge is 0.469 e. The molecule has 0 radical (unpaired) electrons. The van der Waals surface area contributed by atoms with E-state index >= 15 is 0 Å². The van der Waals surface area contributed by atoms with Crippen molar-refractivity contribution in [3.63, 3.8) is 0 Å². The molecule has 2 aliphatic rings. The first-order valence-electron chi connectivity index (χ1n) is 6.80. The summed E-state index contributed by atoms with van der Waals surface area (Å²) in [5.74, 6) is 1.36. The first-order chi connectivity index (χ1) is 8.44. The maximum atomic E-state index is 12.1. The standard InChI is InChI=1S/C14H23NO3/c1-14(2,13(17)18-3)8-15-12(16)11-7-9-4-5-10(11)6-9/h9-11H,4-8H2,1-3H3,(H,15,16). The Bertz CT molecular complexity index is 351. The van der Waals surface area contributed by atoms with E-state index in [1.54, 1.807) is 13.8 Å². The number of amides is 1. The van der Waals surface area contributed by atoms with Gasteiger partial charge in [0.05, 0.1) is 12.5 Å². The Morgan fingerprint density at radius 3 is 2.50 bits per heavy atom. The molecule has 2 saturated carbocycles. The van der Waals surface area contributed by atoms with Crippen molar-refractivity contribution in [2.24, 2.45) is 23.2 Å². The summed E-state index contributed by atoms with van der Waals surface area (Å²) in [7, 11) is 1.38. The van der Waals surface area contributed by atoms with E-state index in [4.69, 9.17) is 4.74 Å². The molecule has 1 N–H and O–H groups in total. The maximum absolute atomic E-state index is 12.1. The quantitative estimate of drug-likeness (QED) is 0.776. The van der Waals surface area contributed by atoms with Crippen molar-refractivity contribution in [3.8, 4) is 0 Å². The van der Waals surface area contributed by atoms with Crippen LogP contribution in [0.2, 0.25) is 0 Å². The van der Waals surface area contributed by atoms with Gasteiger partial charge < -0.3 is 10.1 Å². The van der Waals surface area contributed by atoms with Crippen LogP contribution in [0.3, 0.4) is 0 Å². The summed E-state index contributed by atoms with van der Waals surface area (Å²) in [6.07, 6.45) is 4.75. The Kier molecular flexibility index (Phi) is 3.64. The molecule has 4 heteroatoms. The van der Waals surface area contributed by atoms with Gasteiger partial charge in [-0.3, -0.25) is 9.59 Å². The van der Waals surface area contributed by atoms with E-state index in [2.05, 4.69) is 5.32 Å². The van der Waals surface area contributed by atoms with Crippen molar-refractivity contribution in [2.75, 3.05) is 13.7 Å². The summed E-state index contributed by atoms with van der Waals surface area (Å²) in [4.78, 5) is 23.7. The number of rotatable bonds is 4. The molecular weight excluding hydrogens is 230 g/mol. The normalized spacial score (nSPS) is 30.3. The highest BCUT2D eigenvalue weighted by Crippen LogP contribution is 2.48.